The molecule has 3 heterocycles. The molecule has 2 aliphatic rings. The first kappa shape index (κ1) is 21.1. The number of carbonyl (C=O) groups is 2. The Balaban J connectivity index is 0.00000240. The highest BCUT2D eigenvalue weighted by Gasteiger charge is 2.39. The lowest BCUT2D eigenvalue weighted by molar-refractivity contribution is -0.139. The van der Waals surface area contributed by atoms with Gasteiger partial charge in [0.1, 0.15) is 5.75 Å². The fraction of sp³-hybridized carbons (Fsp3) is 0.381. The smallest absolute Gasteiger partial charge is 0.228 e. The minimum atomic E-state index is -0.327. The van der Waals surface area contributed by atoms with E-state index < -0.39 is 0 Å². The molecule has 0 spiro atoms. The average Bonchev–Trinajstić information content (AvgIpc) is 3.15. The summed E-state index contributed by atoms with van der Waals surface area (Å²) in [5.74, 6) is 0.436. The van der Waals surface area contributed by atoms with Gasteiger partial charge in [-0.15, -0.1) is 12.4 Å². The maximum atomic E-state index is 13.3. The van der Waals surface area contributed by atoms with Crippen molar-refractivity contribution in [2.45, 2.75) is 12.5 Å². The molecule has 0 saturated carbocycles. The first-order chi connectivity index (χ1) is 13.7. The third-order valence-electron chi connectivity index (χ3n) is 5.45. The highest BCUT2D eigenvalue weighted by molar-refractivity contribution is 6.00. The molecule has 2 unspecified atom stereocenters. The number of carbonyl (C=O) groups excluding carboxylic acids is 2. The number of rotatable bonds is 4. The molecule has 2 atom stereocenters. The lowest BCUT2D eigenvalue weighted by Crippen LogP contribution is -2.50. The predicted molar refractivity (Wildman–Crippen MR) is 112 cm³/mol. The Morgan fingerprint density at radius 1 is 1.24 bits per heavy atom. The van der Waals surface area contributed by atoms with E-state index in [0.717, 1.165) is 23.5 Å². The van der Waals surface area contributed by atoms with E-state index >= 15 is 0 Å². The summed E-state index contributed by atoms with van der Waals surface area (Å²) in [6.07, 6.45) is 3.78. The van der Waals surface area contributed by atoms with E-state index in [2.05, 4.69) is 10.3 Å². The summed E-state index contributed by atoms with van der Waals surface area (Å²) < 4.78 is 5.18. The second-order valence-corrected chi connectivity index (χ2v) is 7.14. The Kier molecular flexibility index (Phi) is 6.71. The molecule has 2 amide bonds. The summed E-state index contributed by atoms with van der Waals surface area (Å²) in [4.78, 5) is 33.7. The summed E-state index contributed by atoms with van der Waals surface area (Å²) >= 11 is 0. The Morgan fingerprint density at radius 2 is 2.03 bits per heavy atom. The largest absolute Gasteiger partial charge is 0.497 e. The van der Waals surface area contributed by atoms with Gasteiger partial charge in [-0.05, 0) is 35.9 Å². The maximum absolute atomic E-state index is 13.3. The molecule has 8 heteroatoms. The van der Waals surface area contributed by atoms with Crippen molar-refractivity contribution >= 4 is 29.9 Å². The van der Waals surface area contributed by atoms with Crippen LogP contribution in [0.3, 0.4) is 0 Å². The highest BCUT2D eigenvalue weighted by Crippen LogP contribution is 2.30. The van der Waals surface area contributed by atoms with Gasteiger partial charge in [0.25, 0.3) is 0 Å². The SMILES string of the molecule is COc1ccc(N2CC(C(=O)N3CCNCC3c3cccnc3)CC2=O)cc1.Cl. The topological polar surface area (TPSA) is 74.8 Å². The standard InChI is InChI=1S/C21H24N4O3.ClH/c1-28-18-6-4-17(5-7-18)25-14-16(11-20(25)26)21(27)24-10-9-23-13-19(24)15-3-2-8-22-12-15;/h2-8,12,16,19,23H,9-11,13-14H2,1H3;1H. The van der Waals surface area contributed by atoms with E-state index in [1.807, 2.05) is 41.3 Å². The summed E-state index contributed by atoms with van der Waals surface area (Å²) in [6, 6.07) is 11.2. The molecule has 2 saturated heterocycles. The molecular weight excluding hydrogens is 392 g/mol. The van der Waals surface area contributed by atoms with Crippen LogP contribution >= 0.6 is 12.4 Å². The number of halogens is 1. The lowest BCUT2D eigenvalue weighted by atomic mass is 10.0. The molecular formula is C21H25ClN4O3. The summed E-state index contributed by atoms with van der Waals surface area (Å²) in [6.45, 7) is 2.49. The van der Waals surface area contributed by atoms with Crippen LogP contribution in [0.1, 0.15) is 18.0 Å². The Bertz CT molecular complexity index is 847. The number of nitrogens with zero attached hydrogens (tertiary/aromatic N) is 3. The lowest BCUT2D eigenvalue weighted by Gasteiger charge is -2.37. The van der Waals surface area contributed by atoms with Gasteiger partial charge < -0.3 is 19.9 Å². The normalized spacial score (nSPS) is 21.6. The number of ether oxygens (including phenoxy) is 1. The number of hydrogen-bond acceptors (Lipinski definition) is 5. The van der Waals surface area contributed by atoms with Crippen molar-refractivity contribution in [2.24, 2.45) is 5.92 Å². The Labute approximate surface area is 176 Å². The molecule has 4 rings (SSSR count). The number of pyridine rings is 1. The second-order valence-electron chi connectivity index (χ2n) is 7.14. The fourth-order valence-corrected chi connectivity index (χ4v) is 3.96. The number of aromatic nitrogens is 1. The van der Waals surface area contributed by atoms with E-state index in [1.165, 1.54) is 0 Å². The molecule has 1 aromatic carbocycles. The number of amides is 2. The number of benzene rings is 1. The Morgan fingerprint density at radius 3 is 2.72 bits per heavy atom. The van der Waals surface area contributed by atoms with E-state index in [1.54, 1.807) is 24.4 Å². The summed E-state index contributed by atoms with van der Waals surface area (Å²) in [5.41, 5.74) is 1.81. The minimum Gasteiger partial charge on any atom is -0.497 e. The van der Waals surface area contributed by atoms with Crippen LogP contribution in [0.5, 0.6) is 5.75 Å². The second kappa shape index (κ2) is 9.24. The molecule has 1 aromatic heterocycles. The van der Waals surface area contributed by atoms with Gasteiger partial charge in [-0.1, -0.05) is 6.07 Å². The third-order valence-corrected chi connectivity index (χ3v) is 5.45. The number of anilines is 1. The van der Waals surface area contributed by atoms with Crippen LogP contribution in [-0.4, -0.2) is 55.0 Å². The molecule has 7 nitrogen and oxygen atoms in total. The molecule has 0 bridgehead atoms. The van der Waals surface area contributed by atoms with Crippen LogP contribution in [-0.2, 0) is 9.59 Å². The van der Waals surface area contributed by atoms with Crippen molar-refractivity contribution in [3.05, 3.63) is 54.4 Å². The zero-order valence-corrected chi connectivity index (χ0v) is 17.1. The van der Waals surface area contributed by atoms with Crippen molar-refractivity contribution in [3.8, 4) is 5.75 Å². The van der Waals surface area contributed by atoms with Gasteiger partial charge in [-0.3, -0.25) is 14.6 Å². The van der Waals surface area contributed by atoms with E-state index in [4.69, 9.17) is 4.74 Å². The summed E-state index contributed by atoms with van der Waals surface area (Å²) in [5, 5.41) is 3.35. The van der Waals surface area contributed by atoms with Gasteiger partial charge in [0, 0.05) is 50.7 Å². The first-order valence-corrected chi connectivity index (χ1v) is 9.53. The monoisotopic (exact) mass is 416 g/mol. The van der Waals surface area contributed by atoms with Crippen LogP contribution in [0, 0.1) is 5.92 Å². The predicted octanol–water partition coefficient (Wildman–Crippen LogP) is 2.04. The van der Waals surface area contributed by atoms with Crippen molar-refractivity contribution in [1.29, 1.82) is 0 Å². The van der Waals surface area contributed by atoms with Crippen LogP contribution < -0.4 is 15.0 Å². The zero-order valence-electron chi connectivity index (χ0n) is 16.3. The fourth-order valence-electron chi connectivity index (χ4n) is 3.96. The van der Waals surface area contributed by atoms with Crippen LogP contribution in [0.25, 0.3) is 0 Å². The van der Waals surface area contributed by atoms with Crippen molar-refractivity contribution in [3.63, 3.8) is 0 Å². The molecule has 2 aliphatic heterocycles. The molecule has 2 fully saturated rings. The van der Waals surface area contributed by atoms with Crippen LogP contribution in [0.2, 0.25) is 0 Å². The number of nitrogens with one attached hydrogen (secondary N) is 1. The molecule has 154 valence electrons. The summed E-state index contributed by atoms with van der Waals surface area (Å²) in [7, 11) is 1.61. The quantitative estimate of drug-likeness (QED) is 0.825. The molecule has 2 aromatic rings. The number of hydrogen-bond donors (Lipinski definition) is 1. The first-order valence-electron chi connectivity index (χ1n) is 9.53. The van der Waals surface area contributed by atoms with Gasteiger partial charge in [-0.25, -0.2) is 0 Å². The minimum absolute atomic E-state index is 0. The molecule has 1 N–H and O–H groups in total. The van der Waals surface area contributed by atoms with Gasteiger partial charge in [-0.2, -0.15) is 0 Å². The van der Waals surface area contributed by atoms with E-state index in [0.29, 0.717) is 19.6 Å². The van der Waals surface area contributed by atoms with Crippen molar-refractivity contribution in [2.75, 3.05) is 38.2 Å². The zero-order chi connectivity index (χ0) is 19.5. The van der Waals surface area contributed by atoms with Gasteiger partial charge in [0.2, 0.25) is 11.8 Å². The van der Waals surface area contributed by atoms with Gasteiger partial charge in [0.05, 0.1) is 19.1 Å². The highest BCUT2D eigenvalue weighted by atomic mass is 35.5. The third kappa shape index (κ3) is 4.36. The number of piperazine rings is 1. The van der Waals surface area contributed by atoms with E-state index in [-0.39, 0.29) is 42.6 Å². The molecule has 0 aliphatic carbocycles. The van der Waals surface area contributed by atoms with Crippen LogP contribution in [0.4, 0.5) is 5.69 Å². The number of methoxy groups -OCH3 is 1. The van der Waals surface area contributed by atoms with Gasteiger partial charge in [0.15, 0.2) is 0 Å². The average molecular weight is 417 g/mol. The maximum Gasteiger partial charge on any atom is 0.228 e. The van der Waals surface area contributed by atoms with E-state index in [9.17, 15) is 9.59 Å². The van der Waals surface area contributed by atoms with Crippen molar-refractivity contribution in [1.82, 2.24) is 15.2 Å². The van der Waals surface area contributed by atoms with Crippen LogP contribution in [0.15, 0.2) is 48.8 Å². The Hall–Kier alpha value is -2.64. The van der Waals surface area contributed by atoms with Crippen molar-refractivity contribution < 1.29 is 14.3 Å². The van der Waals surface area contributed by atoms with Gasteiger partial charge >= 0.3 is 0 Å². The molecule has 0 radical (unpaired) electrons. The molecule has 29 heavy (non-hydrogen) atoms.